The van der Waals surface area contributed by atoms with Crippen LogP contribution in [0.3, 0.4) is 0 Å². The normalized spacial score (nSPS) is 25.2. The SMILES string of the molecule is CNC(=O)[C@H]1CN(Cc2cncs2)CCN(C2CCOCC2)C1. The lowest BCUT2D eigenvalue weighted by Gasteiger charge is -2.34. The lowest BCUT2D eigenvalue weighted by Crippen LogP contribution is -2.45. The summed E-state index contributed by atoms with van der Waals surface area (Å²) in [6, 6.07) is 0.555. The monoisotopic (exact) mass is 338 g/mol. The van der Waals surface area contributed by atoms with Crippen molar-refractivity contribution in [2.24, 2.45) is 5.92 Å². The van der Waals surface area contributed by atoms with E-state index in [4.69, 9.17) is 4.74 Å². The van der Waals surface area contributed by atoms with Gasteiger partial charge in [0, 0.05) is 70.1 Å². The second-order valence-corrected chi connectivity index (χ2v) is 7.32. The van der Waals surface area contributed by atoms with Gasteiger partial charge >= 0.3 is 0 Å². The van der Waals surface area contributed by atoms with Gasteiger partial charge < -0.3 is 10.1 Å². The van der Waals surface area contributed by atoms with Gasteiger partial charge in [0.1, 0.15) is 0 Å². The van der Waals surface area contributed by atoms with Crippen LogP contribution >= 0.6 is 11.3 Å². The molecule has 128 valence electrons. The van der Waals surface area contributed by atoms with Crippen molar-refractivity contribution in [1.82, 2.24) is 20.1 Å². The van der Waals surface area contributed by atoms with Gasteiger partial charge in [-0.05, 0) is 12.8 Å². The first-order valence-corrected chi connectivity index (χ1v) is 9.27. The summed E-state index contributed by atoms with van der Waals surface area (Å²) < 4.78 is 5.49. The van der Waals surface area contributed by atoms with Gasteiger partial charge in [0.25, 0.3) is 0 Å². The summed E-state index contributed by atoms with van der Waals surface area (Å²) >= 11 is 1.68. The maximum absolute atomic E-state index is 12.3. The Balaban J connectivity index is 1.67. The summed E-state index contributed by atoms with van der Waals surface area (Å²) in [7, 11) is 1.74. The molecular weight excluding hydrogens is 312 g/mol. The number of nitrogens with zero attached hydrogens (tertiary/aromatic N) is 3. The fourth-order valence-electron chi connectivity index (χ4n) is 3.54. The molecule has 1 aromatic heterocycles. The van der Waals surface area contributed by atoms with Crippen molar-refractivity contribution in [3.63, 3.8) is 0 Å². The van der Waals surface area contributed by atoms with Crippen molar-refractivity contribution in [1.29, 1.82) is 0 Å². The number of hydrogen-bond donors (Lipinski definition) is 1. The van der Waals surface area contributed by atoms with Crippen LogP contribution in [0, 0.1) is 5.92 Å². The van der Waals surface area contributed by atoms with E-state index >= 15 is 0 Å². The molecule has 2 saturated heterocycles. The first-order chi connectivity index (χ1) is 11.3. The van der Waals surface area contributed by atoms with E-state index in [-0.39, 0.29) is 11.8 Å². The lowest BCUT2D eigenvalue weighted by molar-refractivity contribution is -0.125. The van der Waals surface area contributed by atoms with E-state index in [1.807, 2.05) is 11.7 Å². The van der Waals surface area contributed by atoms with Crippen molar-refractivity contribution >= 4 is 17.2 Å². The number of aromatic nitrogens is 1. The molecule has 1 atom stereocenters. The molecule has 0 saturated carbocycles. The molecule has 2 fully saturated rings. The Morgan fingerprint density at radius 1 is 1.39 bits per heavy atom. The maximum atomic E-state index is 12.3. The van der Waals surface area contributed by atoms with Gasteiger partial charge in [0.15, 0.2) is 0 Å². The Labute approximate surface area is 141 Å². The molecule has 0 unspecified atom stereocenters. The number of ether oxygens (including phenoxy) is 1. The number of amides is 1. The molecule has 6 nitrogen and oxygen atoms in total. The quantitative estimate of drug-likeness (QED) is 0.880. The highest BCUT2D eigenvalue weighted by Crippen LogP contribution is 2.21. The molecule has 1 amide bonds. The first kappa shape index (κ1) is 16.8. The highest BCUT2D eigenvalue weighted by Gasteiger charge is 2.31. The van der Waals surface area contributed by atoms with Gasteiger partial charge in [-0.25, -0.2) is 0 Å². The standard InChI is InChI=1S/C16H26N4O2S/c1-17-16(21)13-9-19(11-15-8-18-12-23-15)4-5-20(10-13)14-2-6-22-7-3-14/h8,12-14H,2-7,9-11H2,1H3,(H,17,21)/t13-/m0/s1. The van der Waals surface area contributed by atoms with Crippen molar-refractivity contribution in [3.05, 3.63) is 16.6 Å². The van der Waals surface area contributed by atoms with E-state index in [2.05, 4.69) is 20.1 Å². The van der Waals surface area contributed by atoms with Crippen molar-refractivity contribution in [3.8, 4) is 0 Å². The predicted molar refractivity (Wildman–Crippen MR) is 90.4 cm³/mol. The first-order valence-electron chi connectivity index (χ1n) is 8.39. The van der Waals surface area contributed by atoms with Crippen molar-refractivity contribution < 1.29 is 9.53 Å². The fraction of sp³-hybridized carbons (Fsp3) is 0.750. The Morgan fingerprint density at radius 3 is 2.91 bits per heavy atom. The highest BCUT2D eigenvalue weighted by molar-refractivity contribution is 7.09. The van der Waals surface area contributed by atoms with E-state index in [0.29, 0.717) is 6.04 Å². The topological polar surface area (TPSA) is 57.7 Å². The van der Waals surface area contributed by atoms with E-state index < -0.39 is 0 Å². The van der Waals surface area contributed by atoms with Gasteiger partial charge in [-0.1, -0.05) is 0 Å². The summed E-state index contributed by atoms with van der Waals surface area (Å²) in [5.74, 6) is 0.177. The van der Waals surface area contributed by atoms with Gasteiger partial charge in [-0.3, -0.25) is 19.6 Å². The van der Waals surface area contributed by atoms with Crippen LogP contribution in [0.4, 0.5) is 0 Å². The summed E-state index contributed by atoms with van der Waals surface area (Å²) in [5.41, 5.74) is 1.87. The number of carbonyl (C=O) groups is 1. The van der Waals surface area contributed by atoms with E-state index in [0.717, 1.165) is 58.8 Å². The van der Waals surface area contributed by atoms with Gasteiger partial charge in [0.2, 0.25) is 5.91 Å². The number of hydrogen-bond acceptors (Lipinski definition) is 6. The van der Waals surface area contributed by atoms with Crippen LogP contribution in [0.15, 0.2) is 11.7 Å². The zero-order valence-electron chi connectivity index (χ0n) is 13.7. The largest absolute Gasteiger partial charge is 0.381 e. The third-order valence-corrected chi connectivity index (χ3v) is 5.59. The second kappa shape index (κ2) is 8.19. The van der Waals surface area contributed by atoms with Gasteiger partial charge in [-0.2, -0.15) is 0 Å². The number of thiazole rings is 1. The third kappa shape index (κ3) is 4.50. The zero-order valence-corrected chi connectivity index (χ0v) is 14.6. The molecule has 0 bridgehead atoms. The van der Waals surface area contributed by atoms with Crippen LogP contribution in [0.25, 0.3) is 0 Å². The van der Waals surface area contributed by atoms with Crippen LogP contribution in [-0.2, 0) is 16.1 Å². The summed E-state index contributed by atoms with van der Waals surface area (Å²) in [4.78, 5) is 22.6. The number of carbonyl (C=O) groups excluding carboxylic acids is 1. The Kier molecular flexibility index (Phi) is 5.99. The van der Waals surface area contributed by atoms with E-state index in [1.165, 1.54) is 4.88 Å². The summed E-state index contributed by atoms with van der Waals surface area (Å²) in [5, 5.41) is 2.84. The number of nitrogens with one attached hydrogen (secondary N) is 1. The van der Waals surface area contributed by atoms with Crippen LogP contribution in [0.1, 0.15) is 17.7 Å². The lowest BCUT2D eigenvalue weighted by atomic mass is 10.0. The minimum atomic E-state index is 0.0262. The van der Waals surface area contributed by atoms with Crippen LogP contribution in [0.2, 0.25) is 0 Å². The minimum absolute atomic E-state index is 0.0262. The average molecular weight is 338 g/mol. The predicted octanol–water partition coefficient (Wildman–Crippen LogP) is 0.802. The minimum Gasteiger partial charge on any atom is -0.381 e. The maximum Gasteiger partial charge on any atom is 0.225 e. The van der Waals surface area contributed by atoms with Crippen LogP contribution in [0.5, 0.6) is 0 Å². The van der Waals surface area contributed by atoms with Gasteiger partial charge in [0.05, 0.1) is 11.4 Å². The smallest absolute Gasteiger partial charge is 0.225 e. The van der Waals surface area contributed by atoms with E-state index in [1.54, 1.807) is 18.4 Å². The molecule has 0 aliphatic carbocycles. The Morgan fingerprint density at radius 2 is 2.22 bits per heavy atom. The second-order valence-electron chi connectivity index (χ2n) is 6.35. The van der Waals surface area contributed by atoms with Gasteiger partial charge in [-0.15, -0.1) is 11.3 Å². The molecule has 3 heterocycles. The molecule has 7 heteroatoms. The Hall–Kier alpha value is -1.02. The van der Waals surface area contributed by atoms with Crippen molar-refractivity contribution in [2.45, 2.75) is 25.4 Å². The molecule has 1 N–H and O–H groups in total. The van der Waals surface area contributed by atoms with Crippen molar-refractivity contribution in [2.75, 3.05) is 46.4 Å². The highest BCUT2D eigenvalue weighted by atomic mass is 32.1. The molecule has 2 aliphatic rings. The summed E-state index contributed by atoms with van der Waals surface area (Å²) in [6.45, 7) is 6.27. The molecule has 0 spiro atoms. The van der Waals surface area contributed by atoms with Crippen LogP contribution in [-0.4, -0.2) is 73.2 Å². The third-order valence-electron chi connectivity index (χ3n) is 4.82. The molecular formula is C16H26N4O2S. The Bertz CT molecular complexity index is 490. The fourth-order valence-corrected chi connectivity index (χ4v) is 4.18. The molecule has 2 aliphatic heterocycles. The summed E-state index contributed by atoms with van der Waals surface area (Å²) in [6.07, 6.45) is 4.09. The number of rotatable bonds is 4. The average Bonchev–Trinajstić information content (AvgIpc) is 3.00. The molecule has 0 radical (unpaired) electrons. The molecule has 1 aromatic rings. The zero-order chi connectivity index (χ0) is 16.1. The van der Waals surface area contributed by atoms with Crippen LogP contribution < -0.4 is 5.32 Å². The van der Waals surface area contributed by atoms with E-state index in [9.17, 15) is 4.79 Å². The molecule has 23 heavy (non-hydrogen) atoms. The molecule has 0 aromatic carbocycles. The molecule has 3 rings (SSSR count).